The fourth-order valence-corrected chi connectivity index (χ4v) is 3.11. The molecule has 2 heterocycles. The Labute approximate surface area is 129 Å². The Hall–Kier alpha value is -0.970. The summed E-state index contributed by atoms with van der Waals surface area (Å²) in [6.07, 6.45) is 1.67. The zero-order valence-electron chi connectivity index (χ0n) is 12.3. The molecule has 0 amide bonds. The third-order valence-electron chi connectivity index (χ3n) is 2.89. The average molecular weight is 310 g/mol. The molecule has 0 aliphatic rings. The average Bonchev–Trinajstić information content (AvgIpc) is 2.81. The number of rotatable bonds is 5. The van der Waals surface area contributed by atoms with Crippen LogP contribution in [0.4, 0.5) is 0 Å². The first-order valence-corrected chi connectivity index (χ1v) is 8.01. The Morgan fingerprint density at radius 2 is 2.00 bits per heavy atom. The third-order valence-corrected chi connectivity index (χ3v) is 4.21. The first-order valence-electron chi connectivity index (χ1n) is 6.82. The first-order chi connectivity index (χ1) is 9.47. The van der Waals surface area contributed by atoms with Crippen LogP contribution in [0.25, 0.3) is 10.7 Å². The van der Waals surface area contributed by atoms with Gasteiger partial charge in [-0.15, -0.1) is 11.3 Å². The van der Waals surface area contributed by atoms with Gasteiger partial charge in [-0.3, -0.25) is 4.98 Å². The van der Waals surface area contributed by atoms with E-state index in [0.29, 0.717) is 17.0 Å². The molecule has 5 heteroatoms. The predicted molar refractivity (Wildman–Crippen MR) is 86.4 cm³/mol. The summed E-state index contributed by atoms with van der Waals surface area (Å²) in [6, 6.07) is 4.24. The van der Waals surface area contributed by atoms with E-state index in [1.54, 1.807) is 17.5 Å². The Bertz CT molecular complexity index is 561. The summed E-state index contributed by atoms with van der Waals surface area (Å²) in [6.45, 7) is 9.51. The van der Waals surface area contributed by atoms with Gasteiger partial charge >= 0.3 is 0 Å². The van der Waals surface area contributed by atoms with Crippen molar-refractivity contribution < 1.29 is 0 Å². The normalized spacial score (nSPS) is 11.6. The summed E-state index contributed by atoms with van der Waals surface area (Å²) < 4.78 is 0. The second-order valence-electron chi connectivity index (χ2n) is 5.38. The quantitative estimate of drug-likeness (QED) is 0.885. The van der Waals surface area contributed by atoms with Crippen molar-refractivity contribution in [3.63, 3.8) is 0 Å². The van der Waals surface area contributed by atoms with Crippen LogP contribution in [0.15, 0.2) is 18.3 Å². The van der Waals surface area contributed by atoms with Gasteiger partial charge in [-0.25, -0.2) is 4.98 Å². The molecule has 0 aliphatic carbocycles. The molecular formula is C15H20ClN3S. The van der Waals surface area contributed by atoms with Gasteiger partial charge in [0, 0.05) is 23.7 Å². The van der Waals surface area contributed by atoms with Crippen molar-refractivity contribution in [1.82, 2.24) is 15.3 Å². The molecule has 2 rings (SSSR count). The standard InChI is InChI=1S/C15H20ClN3S/c1-9(2)14-13(8-17-10(3)4)20-15(19-14)12-6-5-11(16)7-18-12/h5-7,9-10,17H,8H2,1-4H3. The zero-order chi connectivity index (χ0) is 14.7. The van der Waals surface area contributed by atoms with Crippen molar-refractivity contribution in [2.75, 3.05) is 0 Å². The molecule has 0 spiro atoms. The van der Waals surface area contributed by atoms with E-state index in [4.69, 9.17) is 16.6 Å². The lowest BCUT2D eigenvalue weighted by atomic mass is 10.1. The van der Waals surface area contributed by atoms with Crippen molar-refractivity contribution in [3.8, 4) is 10.7 Å². The van der Waals surface area contributed by atoms with Gasteiger partial charge in [-0.1, -0.05) is 39.3 Å². The SMILES string of the molecule is CC(C)NCc1sc(-c2ccc(Cl)cn2)nc1C(C)C. The molecule has 0 saturated heterocycles. The fraction of sp³-hybridized carbons (Fsp3) is 0.467. The van der Waals surface area contributed by atoms with E-state index in [1.165, 1.54) is 4.88 Å². The van der Waals surface area contributed by atoms with Crippen molar-refractivity contribution >= 4 is 22.9 Å². The molecule has 3 nitrogen and oxygen atoms in total. The molecule has 0 aromatic carbocycles. The maximum atomic E-state index is 5.88. The molecular weight excluding hydrogens is 290 g/mol. The Kier molecular flexibility index (Phi) is 5.13. The monoisotopic (exact) mass is 309 g/mol. The molecule has 2 aromatic heterocycles. The topological polar surface area (TPSA) is 37.8 Å². The molecule has 0 aliphatic heterocycles. The lowest BCUT2D eigenvalue weighted by Crippen LogP contribution is -2.22. The lowest BCUT2D eigenvalue weighted by Gasteiger charge is -2.09. The van der Waals surface area contributed by atoms with Gasteiger partial charge in [-0.05, 0) is 18.1 Å². The molecule has 0 radical (unpaired) electrons. The summed E-state index contributed by atoms with van der Waals surface area (Å²) in [5, 5.41) is 5.07. The summed E-state index contributed by atoms with van der Waals surface area (Å²) in [5.41, 5.74) is 2.05. The number of halogens is 1. The maximum absolute atomic E-state index is 5.88. The molecule has 2 aromatic rings. The number of hydrogen-bond acceptors (Lipinski definition) is 4. The van der Waals surface area contributed by atoms with Crippen LogP contribution in [-0.2, 0) is 6.54 Å². The van der Waals surface area contributed by atoms with Crippen LogP contribution in [0.5, 0.6) is 0 Å². The van der Waals surface area contributed by atoms with Gasteiger partial charge in [0.25, 0.3) is 0 Å². The lowest BCUT2D eigenvalue weighted by molar-refractivity contribution is 0.588. The predicted octanol–water partition coefficient (Wildman–Crippen LogP) is 4.48. The first kappa shape index (κ1) is 15.4. The van der Waals surface area contributed by atoms with E-state index in [0.717, 1.165) is 22.9 Å². The van der Waals surface area contributed by atoms with E-state index < -0.39 is 0 Å². The Balaban J connectivity index is 2.30. The van der Waals surface area contributed by atoms with Crippen LogP contribution in [0.2, 0.25) is 5.02 Å². The smallest absolute Gasteiger partial charge is 0.142 e. The van der Waals surface area contributed by atoms with E-state index >= 15 is 0 Å². The van der Waals surface area contributed by atoms with Crippen molar-refractivity contribution in [1.29, 1.82) is 0 Å². The minimum atomic E-state index is 0.413. The van der Waals surface area contributed by atoms with Crippen LogP contribution >= 0.6 is 22.9 Å². The van der Waals surface area contributed by atoms with Gasteiger partial charge in [0.15, 0.2) is 0 Å². The molecule has 108 valence electrons. The number of hydrogen-bond donors (Lipinski definition) is 1. The minimum Gasteiger partial charge on any atom is -0.310 e. The van der Waals surface area contributed by atoms with Crippen LogP contribution in [0.1, 0.15) is 44.2 Å². The van der Waals surface area contributed by atoms with Crippen molar-refractivity contribution in [3.05, 3.63) is 33.9 Å². The molecule has 0 saturated carbocycles. The summed E-state index contributed by atoms with van der Waals surface area (Å²) in [7, 11) is 0. The second-order valence-corrected chi connectivity index (χ2v) is 6.90. The van der Waals surface area contributed by atoms with Crippen molar-refractivity contribution in [2.24, 2.45) is 0 Å². The van der Waals surface area contributed by atoms with Crippen LogP contribution in [-0.4, -0.2) is 16.0 Å². The highest BCUT2D eigenvalue weighted by atomic mass is 35.5. The van der Waals surface area contributed by atoms with E-state index in [9.17, 15) is 0 Å². The van der Waals surface area contributed by atoms with E-state index in [1.807, 2.05) is 12.1 Å². The van der Waals surface area contributed by atoms with Gasteiger partial charge in [0.2, 0.25) is 0 Å². The minimum absolute atomic E-state index is 0.413. The number of thiazole rings is 1. The number of nitrogens with one attached hydrogen (secondary N) is 1. The van der Waals surface area contributed by atoms with E-state index in [2.05, 4.69) is 38.0 Å². The molecule has 1 N–H and O–H groups in total. The highest BCUT2D eigenvalue weighted by Gasteiger charge is 2.16. The van der Waals surface area contributed by atoms with Gasteiger partial charge in [-0.2, -0.15) is 0 Å². The Morgan fingerprint density at radius 1 is 1.25 bits per heavy atom. The molecule has 0 unspecified atom stereocenters. The van der Waals surface area contributed by atoms with Gasteiger partial charge in [0.1, 0.15) is 5.01 Å². The van der Waals surface area contributed by atoms with Gasteiger partial charge in [0.05, 0.1) is 16.4 Å². The third kappa shape index (κ3) is 3.78. The van der Waals surface area contributed by atoms with Gasteiger partial charge < -0.3 is 5.32 Å². The van der Waals surface area contributed by atoms with Crippen LogP contribution < -0.4 is 5.32 Å². The second kappa shape index (κ2) is 6.66. The largest absolute Gasteiger partial charge is 0.310 e. The maximum Gasteiger partial charge on any atom is 0.142 e. The summed E-state index contributed by atoms with van der Waals surface area (Å²) >= 11 is 7.59. The van der Waals surface area contributed by atoms with Crippen LogP contribution in [0, 0.1) is 0 Å². The number of nitrogens with zero attached hydrogens (tertiary/aromatic N) is 2. The van der Waals surface area contributed by atoms with Crippen LogP contribution in [0.3, 0.4) is 0 Å². The van der Waals surface area contributed by atoms with E-state index in [-0.39, 0.29) is 0 Å². The molecule has 0 bridgehead atoms. The fourth-order valence-electron chi connectivity index (χ4n) is 1.85. The number of aromatic nitrogens is 2. The number of pyridine rings is 1. The molecule has 20 heavy (non-hydrogen) atoms. The Morgan fingerprint density at radius 3 is 2.55 bits per heavy atom. The molecule has 0 fully saturated rings. The highest BCUT2D eigenvalue weighted by Crippen LogP contribution is 2.31. The summed E-state index contributed by atoms with van der Waals surface area (Å²) in [4.78, 5) is 10.4. The zero-order valence-corrected chi connectivity index (χ0v) is 13.8. The van der Waals surface area contributed by atoms with Crippen molar-refractivity contribution in [2.45, 2.75) is 46.2 Å². The summed E-state index contributed by atoms with van der Waals surface area (Å²) in [5.74, 6) is 0.413. The molecule has 0 atom stereocenters. The highest BCUT2D eigenvalue weighted by molar-refractivity contribution is 7.15.